The van der Waals surface area contributed by atoms with Gasteiger partial charge in [0, 0.05) is 31.3 Å². The molecule has 59 heavy (non-hydrogen) atoms. The van der Waals surface area contributed by atoms with E-state index in [1.165, 1.54) is 12.5 Å². The number of benzene rings is 1. The molecule has 0 spiro atoms. The van der Waals surface area contributed by atoms with E-state index in [4.69, 9.17) is 17.2 Å². The third-order valence-electron chi connectivity index (χ3n) is 9.28. The minimum absolute atomic E-state index is 0.0216. The lowest BCUT2D eigenvalue weighted by molar-refractivity contribution is -0.145. The Kier molecular flexibility index (Phi) is 17.9. The van der Waals surface area contributed by atoms with E-state index in [0.29, 0.717) is 12.1 Å². The Bertz CT molecular complexity index is 1810. The van der Waals surface area contributed by atoms with E-state index in [9.17, 15) is 58.5 Å². The van der Waals surface area contributed by atoms with Gasteiger partial charge in [0.25, 0.3) is 0 Å². The van der Waals surface area contributed by atoms with Crippen LogP contribution in [0.1, 0.15) is 50.3 Å². The van der Waals surface area contributed by atoms with Crippen molar-refractivity contribution in [1.82, 2.24) is 41.5 Å². The third kappa shape index (κ3) is 14.5. The summed E-state index contributed by atoms with van der Waals surface area (Å²) in [5.41, 5.74) is 17.7. The highest BCUT2D eigenvalue weighted by atomic mass is 16.4. The Hall–Kier alpha value is -6.46. The predicted octanol–water partition coefficient (Wildman–Crippen LogP) is -5.46. The molecule has 2 aromatic rings. The molecule has 1 aliphatic heterocycles. The highest BCUT2D eigenvalue weighted by molar-refractivity contribution is 5.98. The van der Waals surface area contributed by atoms with Gasteiger partial charge in [0.1, 0.15) is 30.2 Å². The maximum Gasteiger partial charge on any atom is 0.328 e. The summed E-state index contributed by atoms with van der Waals surface area (Å²) in [5.74, 6) is -9.19. The molecule has 1 aromatic heterocycles. The number of imidazole rings is 1. The lowest BCUT2D eigenvalue weighted by atomic mass is 10.1. The van der Waals surface area contributed by atoms with Crippen LogP contribution in [0.2, 0.25) is 0 Å². The van der Waals surface area contributed by atoms with Gasteiger partial charge >= 0.3 is 5.97 Å². The monoisotopic (exact) mass is 829 g/mol. The number of aliphatic carboxylic acids is 1. The van der Waals surface area contributed by atoms with Gasteiger partial charge in [0.15, 0.2) is 6.04 Å². The quantitative estimate of drug-likeness (QED) is 0.0498. The van der Waals surface area contributed by atoms with Crippen molar-refractivity contribution in [2.45, 2.75) is 100 Å². The Morgan fingerprint density at radius 2 is 1.47 bits per heavy atom. The van der Waals surface area contributed by atoms with Crippen molar-refractivity contribution in [1.29, 1.82) is 0 Å². The first kappa shape index (κ1) is 46.9. The molecule has 1 fully saturated rings. The second-order valence-corrected chi connectivity index (χ2v) is 13.9. The van der Waals surface area contributed by atoms with Crippen LogP contribution < -0.4 is 43.8 Å². The van der Waals surface area contributed by atoms with Crippen molar-refractivity contribution < 1.29 is 58.5 Å². The number of likely N-dealkylation sites (tertiary alicyclic amines) is 1. The summed E-state index contributed by atoms with van der Waals surface area (Å²) in [6, 6.07) is -1.56. The van der Waals surface area contributed by atoms with Gasteiger partial charge in [-0.1, -0.05) is 30.3 Å². The van der Waals surface area contributed by atoms with Crippen molar-refractivity contribution in [2.24, 2.45) is 17.2 Å². The predicted molar refractivity (Wildman–Crippen MR) is 203 cm³/mol. The Labute approximate surface area is 337 Å². The van der Waals surface area contributed by atoms with Gasteiger partial charge < -0.3 is 69.0 Å². The van der Waals surface area contributed by atoms with E-state index >= 15 is 0 Å². The van der Waals surface area contributed by atoms with Crippen LogP contribution in [0.3, 0.4) is 0 Å². The number of aliphatic hydroxyl groups is 2. The zero-order valence-electron chi connectivity index (χ0n) is 32.2. The molecule has 0 radical (unpaired) electrons. The molecule has 15 N–H and O–H groups in total. The number of primary amides is 2. The first-order valence-corrected chi connectivity index (χ1v) is 18.6. The number of rotatable bonds is 23. The number of carbonyl (C=O) groups excluding carboxylic acids is 8. The summed E-state index contributed by atoms with van der Waals surface area (Å²) < 4.78 is 0. The lowest BCUT2D eigenvalue weighted by Crippen LogP contribution is -2.60. The molecule has 1 aromatic carbocycles. The van der Waals surface area contributed by atoms with Gasteiger partial charge in [-0.15, -0.1) is 0 Å². The van der Waals surface area contributed by atoms with Crippen LogP contribution in [0.5, 0.6) is 0 Å². The van der Waals surface area contributed by atoms with Crippen molar-refractivity contribution in [3.8, 4) is 0 Å². The van der Waals surface area contributed by atoms with E-state index in [1.807, 2.05) is 5.32 Å². The number of H-pyrrole nitrogens is 1. The number of carbonyl (C=O) groups is 9. The van der Waals surface area contributed by atoms with Crippen LogP contribution in [0.15, 0.2) is 42.9 Å². The molecule has 8 amide bonds. The number of aliphatic hydroxyl groups excluding tert-OH is 2. The smallest absolute Gasteiger partial charge is 0.328 e. The number of hydrogen-bond donors (Lipinski definition) is 12. The number of carboxylic acid groups (broad SMARTS) is 1. The van der Waals surface area contributed by atoms with Gasteiger partial charge in [0.2, 0.25) is 47.3 Å². The van der Waals surface area contributed by atoms with Crippen LogP contribution in [-0.4, -0.2) is 145 Å². The molecule has 0 aliphatic carbocycles. The molecule has 2 heterocycles. The number of nitrogens with two attached hydrogens (primary N) is 3. The fourth-order valence-electron chi connectivity index (χ4n) is 6.17. The average molecular weight is 830 g/mol. The minimum atomic E-state index is -1.83. The maximum atomic E-state index is 14.1. The molecule has 23 nitrogen and oxygen atoms in total. The van der Waals surface area contributed by atoms with E-state index in [1.54, 1.807) is 30.3 Å². The Balaban J connectivity index is 1.79. The van der Waals surface area contributed by atoms with Gasteiger partial charge in [-0.2, -0.15) is 0 Å². The van der Waals surface area contributed by atoms with Gasteiger partial charge in [-0.3, -0.25) is 38.4 Å². The molecule has 0 bridgehead atoms. The van der Waals surface area contributed by atoms with E-state index in [-0.39, 0.29) is 25.8 Å². The van der Waals surface area contributed by atoms with Crippen LogP contribution in [-0.2, 0) is 56.0 Å². The number of nitrogens with one attached hydrogen (secondary N) is 6. The standard InChI is InChI=1S/C36H51N11O12/c1-18(49)29(36(58)59)46-32(54)23(14-28(39)51)43-31(53)22(9-10-27(38)50)42-34(56)26-8-5-11-47(26)35(57)24(13-20-15-40-17-41-20)44-33(55)25(16-48)45-30(52)21(37)12-19-6-3-2-4-7-19/h2-4,6-7,15,17-18,21-26,29,48-49H,5,8-14,16,37H2,1H3,(H2,38,50)(H2,39,51)(H,40,41)(H,42,56)(H,43,53)(H,44,55)(H,45,52)(H,46,54)(H,58,59)/t18-,21+,22+,23+,24+,25+,26+,29+/m1/s1. The molecule has 0 unspecified atom stereocenters. The third-order valence-corrected chi connectivity index (χ3v) is 9.28. The van der Waals surface area contributed by atoms with Crippen molar-refractivity contribution in [3.63, 3.8) is 0 Å². The molecule has 3 rings (SSSR count). The van der Waals surface area contributed by atoms with E-state index < -0.39 is 127 Å². The van der Waals surface area contributed by atoms with Crippen LogP contribution in [0.4, 0.5) is 0 Å². The number of aromatic amines is 1. The molecule has 8 atom stereocenters. The number of carboxylic acids is 1. The zero-order chi connectivity index (χ0) is 43.8. The summed E-state index contributed by atoms with van der Waals surface area (Å²) >= 11 is 0. The number of amides is 8. The molecule has 1 aliphatic rings. The van der Waals surface area contributed by atoms with Gasteiger partial charge in [-0.25, -0.2) is 9.78 Å². The second-order valence-electron chi connectivity index (χ2n) is 13.9. The molecule has 0 saturated carbocycles. The highest BCUT2D eigenvalue weighted by Gasteiger charge is 2.40. The normalized spacial score (nSPS) is 17.2. The fraction of sp³-hybridized carbons (Fsp3) is 0.500. The number of hydrogen-bond acceptors (Lipinski definition) is 13. The highest BCUT2D eigenvalue weighted by Crippen LogP contribution is 2.20. The van der Waals surface area contributed by atoms with Crippen LogP contribution >= 0.6 is 0 Å². The SMILES string of the molecule is C[C@@H](O)[C@H](NC(=O)[C@H](CC(N)=O)NC(=O)[C@H](CCC(N)=O)NC(=O)[C@@H]1CCCN1C(=O)[C@H](Cc1cnc[nH]1)NC(=O)[C@H](CO)NC(=O)[C@@H](N)Cc1ccccc1)C(=O)O. The molecular weight excluding hydrogens is 778 g/mol. The van der Waals surface area contributed by atoms with Crippen molar-refractivity contribution in [3.05, 3.63) is 54.1 Å². The number of aromatic nitrogens is 2. The average Bonchev–Trinajstić information content (AvgIpc) is 3.89. The van der Waals surface area contributed by atoms with E-state index in [2.05, 4.69) is 31.2 Å². The maximum absolute atomic E-state index is 14.1. The van der Waals surface area contributed by atoms with E-state index in [0.717, 1.165) is 17.4 Å². The Morgan fingerprint density at radius 1 is 0.847 bits per heavy atom. The van der Waals surface area contributed by atoms with Crippen molar-refractivity contribution in [2.75, 3.05) is 13.2 Å². The Morgan fingerprint density at radius 3 is 2.05 bits per heavy atom. The lowest BCUT2D eigenvalue weighted by Gasteiger charge is -2.30. The summed E-state index contributed by atoms with van der Waals surface area (Å²) in [4.78, 5) is 124. The molecule has 1 saturated heterocycles. The minimum Gasteiger partial charge on any atom is -0.480 e. The van der Waals surface area contributed by atoms with Gasteiger partial charge in [0.05, 0.1) is 31.5 Å². The van der Waals surface area contributed by atoms with Gasteiger partial charge in [-0.05, 0) is 38.2 Å². The number of nitrogens with zero attached hydrogens (tertiary/aromatic N) is 2. The molecule has 322 valence electrons. The topological polar surface area (TPSA) is 384 Å². The summed E-state index contributed by atoms with van der Waals surface area (Å²) in [7, 11) is 0. The van der Waals surface area contributed by atoms with Crippen LogP contribution in [0.25, 0.3) is 0 Å². The summed E-state index contributed by atoms with van der Waals surface area (Å²) in [6.07, 6.45) is -0.172. The first-order valence-electron chi connectivity index (χ1n) is 18.6. The first-order chi connectivity index (χ1) is 27.9. The zero-order valence-corrected chi connectivity index (χ0v) is 32.2. The summed E-state index contributed by atoms with van der Waals surface area (Å²) in [6.45, 7) is 0.248. The summed E-state index contributed by atoms with van der Waals surface area (Å²) in [5, 5.41) is 40.8. The molecule has 23 heteroatoms. The largest absolute Gasteiger partial charge is 0.480 e. The molecular formula is C36H51N11O12. The van der Waals surface area contributed by atoms with Crippen LogP contribution in [0, 0.1) is 0 Å². The van der Waals surface area contributed by atoms with Crippen molar-refractivity contribution >= 4 is 53.2 Å². The second kappa shape index (κ2) is 22.5. The fourth-order valence-corrected chi connectivity index (χ4v) is 6.17.